The molecular formula is C23H28ClN3OS. The van der Waals surface area contributed by atoms with Crippen LogP contribution >= 0.6 is 22.9 Å². The fourth-order valence-electron chi connectivity index (χ4n) is 3.33. The molecule has 0 N–H and O–H groups in total. The molecule has 1 aromatic heterocycles. The highest BCUT2D eigenvalue weighted by molar-refractivity contribution is 7.22. The lowest BCUT2D eigenvalue weighted by Crippen LogP contribution is -2.34. The van der Waals surface area contributed by atoms with E-state index in [9.17, 15) is 4.79 Å². The summed E-state index contributed by atoms with van der Waals surface area (Å²) in [5.41, 5.74) is 5.23. The first kappa shape index (κ1) is 21.8. The summed E-state index contributed by atoms with van der Waals surface area (Å²) >= 11 is 7.83. The average molecular weight is 430 g/mol. The van der Waals surface area contributed by atoms with Crippen molar-refractivity contribution in [3.05, 3.63) is 57.6 Å². The van der Waals surface area contributed by atoms with Crippen LogP contribution in [-0.2, 0) is 11.2 Å². The predicted octanol–water partition coefficient (Wildman–Crippen LogP) is 5.40. The molecule has 0 unspecified atom stereocenters. The first-order valence-corrected chi connectivity index (χ1v) is 11.0. The number of anilines is 1. The number of rotatable bonds is 7. The van der Waals surface area contributed by atoms with Crippen molar-refractivity contribution in [2.45, 2.75) is 33.6 Å². The summed E-state index contributed by atoms with van der Waals surface area (Å²) < 4.78 is 1.05. The molecule has 1 heterocycles. The second-order valence-corrected chi connectivity index (χ2v) is 9.24. The number of fused-ring (bicyclic) bond motifs is 1. The maximum atomic E-state index is 13.3. The quantitative estimate of drug-likeness (QED) is 0.504. The number of amides is 1. The lowest BCUT2D eigenvalue weighted by atomic mass is 10.0. The molecule has 0 aliphatic carbocycles. The van der Waals surface area contributed by atoms with Crippen LogP contribution in [0.25, 0.3) is 10.2 Å². The molecule has 0 saturated heterocycles. The van der Waals surface area contributed by atoms with Crippen molar-refractivity contribution >= 4 is 44.2 Å². The van der Waals surface area contributed by atoms with Crippen molar-refractivity contribution in [2.24, 2.45) is 0 Å². The molecule has 0 fully saturated rings. The molecule has 0 bridgehead atoms. The van der Waals surface area contributed by atoms with Gasteiger partial charge in [0.25, 0.3) is 0 Å². The number of hydrogen-bond acceptors (Lipinski definition) is 4. The third-order valence-electron chi connectivity index (χ3n) is 5.10. The number of carbonyl (C=O) groups excluding carboxylic acids is 1. The van der Waals surface area contributed by atoms with Gasteiger partial charge >= 0.3 is 0 Å². The molecule has 154 valence electrons. The Labute approximate surface area is 182 Å². The van der Waals surface area contributed by atoms with E-state index in [4.69, 9.17) is 16.6 Å². The first-order valence-electron chi connectivity index (χ1n) is 9.83. The van der Waals surface area contributed by atoms with E-state index in [1.165, 1.54) is 5.56 Å². The Kier molecular flexibility index (Phi) is 6.93. The third kappa shape index (κ3) is 5.16. The molecule has 2 aromatic carbocycles. The summed E-state index contributed by atoms with van der Waals surface area (Å²) in [6.45, 7) is 7.66. The van der Waals surface area contributed by atoms with Gasteiger partial charge in [-0.3, -0.25) is 9.69 Å². The zero-order chi connectivity index (χ0) is 21.1. The van der Waals surface area contributed by atoms with E-state index in [1.54, 1.807) is 11.3 Å². The van der Waals surface area contributed by atoms with Crippen molar-refractivity contribution in [1.82, 2.24) is 9.88 Å². The number of halogens is 1. The lowest BCUT2D eigenvalue weighted by molar-refractivity contribution is -0.118. The third-order valence-corrected chi connectivity index (χ3v) is 6.55. The molecule has 0 saturated carbocycles. The Bertz CT molecular complexity index is 1030. The van der Waals surface area contributed by atoms with Gasteiger partial charge in [0.2, 0.25) is 5.91 Å². The molecule has 6 heteroatoms. The number of nitrogens with zero attached hydrogens (tertiary/aromatic N) is 3. The van der Waals surface area contributed by atoms with E-state index in [1.807, 2.05) is 38.1 Å². The van der Waals surface area contributed by atoms with E-state index in [2.05, 4.69) is 36.9 Å². The lowest BCUT2D eigenvalue weighted by Gasteiger charge is -2.21. The summed E-state index contributed by atoms with van der Waals surface area (Å²) in [6, 6.07) is 10.2. The fourth-order valence-corrected chi connectivity index (χ4v) is 4.55. The summed E-state index contributed by atoms with van der Waals surface area (Å²) in [7, 11) is 4.09. The highest BCUT2D eigenvalue weighted by atomic mass is 35.5. The summed E-state index contributed by atoms with van der Waals surface area (Å²) in [6.07, 6.45) is 1.27. The predicted molar refractivity (Wildman–Crippen MR) is 125 cm³/mol. The van der Waals surface area contributed by atoms with E-state index < -0.39 is 0 Å². The zero-order valence-corrected chi connectivity index (χ0v) is 19.3. The van der Waals surface area contributed by atoms with E-state index in [0.717, 1.165) is 45.0 Å². The maximum absolute atomic E-state index is 13.3. The minimum Gasteiger partial charge on any atom is -0.309 e. The van der Waals surface area contributed by atoms with Crippen LogP contribution in [0.2, 0.25) is 5.02 Å². The number of thiazole rings is 1. The van der Waals surface area contributed by atoms with Crippen molar-refractivity contribution in [2.75, 3.05) is 32.1 Å². The minimum atomic E-state index is 0.0836. The monoisotopic (exact) mass is 429 g/mol. The Morgan fingerprint density at radius 2 is 1.86 bits per heavy atom. The average Bonchev–Trinajstić information content (AvgIpc) is 3.09. The van der Waals surface area contributed by atoms with Crippen LogP contribution in [0.3, 0.4) is 0 Å². The maximum Gasteiger partial charge on any atom is 0.233 e. The standard InChI is InChI=1S/C23H28ClN3OS/c1-15-7-8-16(2)18(13-15)14-21(28)27(12-6-11-26(4)5)23-25-22-17(3)19(24)9-10-20(22)29-23/h7-10,13H,6,11-12,14H2,1-5H3. The second kappa shape index (κ2) is 9.24. The molecule has 0 radical (unpaired) electrons. The molecule has 3 aromatic rings. The van der Waals surface area contributed by atoms with Crippen molar-refractivity contribution in [1.29, 1.82) is 0 Å². The number of hydrogen-bond donors (Lipinski definition) is 0. The molecule has 0 aliphatic rings. The normalized spacial score (nSPS) is 11.4. The van der Waals surface area contributed by atoms with Gasteiger partial charge in [-0.25, -0.2) is 4.98 Å². The number of benzene rings is 2. The van der Waals surface area contributed by atoms with Gasteiger partial charge in [-0.1, -0.05) is 46.7 Å². The second-order valence-electron chi connectivity index (χ2n) is 7.82. The van der Waals surface area contributed by atoms with Crippen LogP contribution in [-0.4, -0.2) is 43.0 Å². The van der Waals surface area contributed by atoms with Crippen molar-refractivity contribution in [3.8, 4) is 0 Å². The highest BCUT2D eigenvalue weighted by Gasteiger charge is 2.21. The number of aromatic nitrogens is 1. The van der Waals surface area contributed by atoms with Crippen LogP contribution in [0.4, 0.5) is 5.13 Å². The molecular weight excluding hydrogens is 402 g/mol. The molecule has 0 spiro atoms. The molecule has 0 atom stereocenters. The Hall–Kier alpha value is -1.95. The Balaban J connectivity index is 1.92. The van der Waals surface area contributed by atoms with Gasteiger partial charge in [-0.05, 0) is 76.7 Å². The molecule has 1 amide bonds. The largest absolute Gasteiger partial charge is 0.309 e. The van der Waals surface area contributed by atoms with Crippen LogP contribution < -0.4 is 4.90 Å². The zero-order valence-electron chi connectivity index (χ0n) is 17.8. The molecule has 3 rings (SSSR count). The Morgan fingerprint density at radius 3 is 2.59 bits per heavy atom. The minimum absolute atomic E-state index is 0.0836. The Morgan fingerprint density at radius 1 is 1.10 bits per heavy atom. The van der Waals surface area contributed by atoms with Gasteiger partial charge < -0.3 is 4.90 Å². The van der Waals surface area contributed by atoms with E-state index in [-0.39, 0.29) is 5.91 Å². The van der Waals surface area contributed by atoms with Crippen LogP contribution in [0.1, 0.15) is 28.7 Å². The smallest absolute Gasteiger partial charge is 0.233 e. The van der Waals surface area contributed by atoms with Gasteiger partial charge in [-0.15, -0.1) is 0 Å². The summed E-state index contributed by atoms with van der Waals surface area (Å²) in [5, 5.41) is 1.45. The van der Waals surface area contributed by atoms with Gasteiger partial charge in [0.05, 0.1) is 16.6 Å². The molecule has 4 nitrogen and oxygen atoms in total. The van der Waals surface area contributed by atoms with Crippen molar-refractivity contribution in [3.63, 3.8) is 0 Å². The SMILES string of the molecule is Cc1ccc(C)c(CC(=O)N(CCCN(C)C)c2nc3c(C)c(Cl)ccc3s2)c1. The van der Waals surface area contributed by atoms with Gasteiger partial charge in [-0.2, -0.15) is 0 Å². The van der Waals surface area contributed by atoms with Gasteiger partial charge in [0.1, 0.15) is 0 Å². The van der Waals surface area contributed by atoms with Crippen molar-refractivity contribution < 1.29 is 4.79 Å². The number of carbonyl (C=O) groups is 1. The highest BCUT2D eigenvalue weighted by Crippen LogP contribution is 2.34. The molecule has 0 aliphatic heterocycles. The van der Waals surface area contributed by atoms with Crippen LogP contribution in [0, 0.1) is 20.8 Å². The molecule has 29 heavy (non-hydrogen) atoms. The number of aryl methyl sites for hydroxylation is 3. The topological polar surface area (TPSA) is 36.4 Å². The van der Waals surface area contributed by atoms with E-state index >= 15 is 0 Å². The van der Waals surface area contributed by atoms with E-state index in [0.29, 0.717) is 18.0 Å². The fraction of sp³-hybridized carbons (Fsp3) is 0.391. The first-order chi connectivity index (χ1) is 13.8. The van der Waals surface area contributed by atoms with Gasteiger partial charge in [0, 0.05) is 11.6 Å². The van der Waals surface area contributed by atoms with Crippen LogP contribution in [0.15, 0.2) is 30.3 Å². The summed E-state index contributed by atoms with van der Waals surface area (Å²) in [5.74, 6) is 0.0836. The van der Waals surface area contributed by atoms with Crippen LogP contribution in [0.5, 0.6) is 0 Å². The summed E-state index contributed by atoms with van der Waals surface area (Å²) in [4.78, 5) is 22.1. The van der Waals surface area contributed by atoms with Gasteiger partial charge in [0.15, 0.2) is 5.13 Å².